The smallest absolute Gasteiger partial charge is 0.307 e. The predicted molar refractivity (Wildman–Crippen MR) is 67.6 cm³/mol. The van der Waals surface area contributed by atoms with Crippen molar-refractivity contribution in [3.05, 3.63) is 29.6 Å². The Hall–Kier alpha value is -1.98. The summed E-state index contributed by atoms with van der Waals surface area (Å²) in [4.78, 5) is 10.8. The number of nitrogens with one attached hydrogen (secondary N) is 1. The lowest BCUT2D eigenvalue weighted by atomic mass is 10.2. The molecule has 0 unspecified atom stereocenters. The summed E-state index contributed by atoms with van der Waals surface area (Å²) in [6, 6.07) is 4.44. The molecule has 0 spiro atoms. The molecule has 1 rings (SSSR count). The minimum atomic E-state index is -3.90. The summed E-state index contributed by atoms with van der Waals surface area (Å²) >= 11 is 0. The van der Waals surface area contributed by atoms with Gasteiger partial charge in [0, 0.05) is 6.54 Å². The molecule has 1 N–H and O–H groups in total. The van der Waals surface area contributed by atoms with E-state index in [0.29, 0.717) is 0 Å². The molecule has 0 bridgehead atoms. The average molecular weight is 300 g/mol. The molecule has 0 radical (unpaired) electrons. The van der Waals surface area contributed by atoms with Gasteiger partial charge in [0.25, 0.3) is 0 Å². The third-order valence-corrected chi connectivity index (χ3v) is 3.75. The van der Waals surface area contributed by atoms with Crippen LogP contribution < -0.4 is 4.72 Å². The van der Waals surface area contributed by atoms with Gasteiger partial charge in [0.1, 0.15) is 11.9 Å². The summed E-state index contributed by atoms with van der Waals surface area (Å²) in [7, 11) is -3.90. The van der Waals surface area contributed by atoms with Crippen LogP contribution in [-0.4, -0.2) is 27.5 Å². The molecule has 108 valence electrons. The number of hydrogen-bond acceptors (Lipinski definition) is 5. The van der Waals surface area contributed by atoms with Crippen molar-refractivity contribution >= 4 is 16.0 Å². The first-order chi connectivity index (χ1) is 9.40. The number of benzene rings is 1. The van der Waals surface area contributed by atoms with Gasteiger partial charge in [-0.15, -0.1) is 0 Å². The number of rotatable bonds is 6. The zero-order valence-electron chi connectivity index (χ0n) is 10.7. The Labute approximate surface area is 116 Å². The van der Waals surface area contributed by atoms with Crippen molar-refractivity contribution in [2.24, 2.45) is 0 Å². The van der Waals surface area contributed by atoms with Gasteiger partial charge in [0.15, 0.2) is 0 Å². The van der Waals surface area contributed by atoms with Crippen LogP contribution in [0.3, 0.4) is 0 Å². The second kappa shape index (κ2) is 6.98. The molecule has 0 amide bonds. The van der Waals surface area contributed by atoms with Gasteiger partial charge in [-0.3, -0.25) is 4.79 Å². The van der Waals surface area contributed by atoms with Gasteiger partial charge in [-0.05, 0) is 25.1 Å². The maximum Gasteiger partial charge on any atom is 0.307 e. The summed E-state index contributed by atoms with van der Waals surface area (Å²) in [6.45, 7) is 1.72. The fourth-order valence-corrected chi connectivity index (χ4v) is 2.42. The minimum absolute atomic E-state index is 0.112. The van der Waals surface area contributed by atoms with Crippen LogP contribution in [-0.2, 0) is 19.6 Å². The van der Waals surface area contributed by atoms with Crippen LogP contribution in [0, 0.1) is 17.1 Å². The van der Waals surface area contributed by atoms with E-state index in [4.69, 9.17) is 5.26 Å². The van der Waals surface area contributed by atoms with E-state index in [2.05, 4.69) is 9.46 Å². The lowest BCUT2D eigenvalue weighted by Gasteiger charge is -2.07. The fourth-order valence-electron chi connectivity index (χ4n) is 1.36. The molecule has 0 aromatic heterocycles. The number of nitrogens with zero attached hydrogens (tertiary/aromatic N) is 1. The van der Waals surface area contributed by atoms with Crippen molar-refractivity contribution < 1.29 is 22.3 Å². The van der Waals surface area contributed by atoms with Crippen molar-refractivity contribution in [1.82, 2.24) is 4.72 Å². The zero-order chi connectivity index (χ0) is 15.2. The second-order valence-electron chi connectivity index (χ2n) is 3.71. The Balaban J connectivity index is 2.75. The summed E-state index contributed by atoms with van der Waals surface area (Å²) < 4.78 is 43.6. The number of carbonyl (C=O) groups is 1. The highest BCUT2D eigenvalue weighted by atomic mass is 32.2. The lowest BCUT2D eigenvalue weighted by Crippen LogP contribution is -2.27. The molecule has 0 aliphatic carbocycles. The molecule has 0 fully saturated rings. The van der Waals surface area contributed by atoms with Crippen molar-refractivity contribution in [3.8, 4) is 6.07 Å². The van der Waals surface area contributed by atoms with Crippen LogP contribution in [0.15, 0.2) is 23.1 Å². The van der Waals surface area contributed by atoms with Crippen LogP contribution in [0.1, 0.15) is 18.9 Å². The van der Waals surface area contributed by atoms with Crippen LogP contribution in [0.2, 0.25) is 0 Å². The molecule has 8 heteroatoms. The molecule has 0 saturated heterocycles. The van der Waals surface area contributed by atoms with E-state index in [1.807, 2.05) is 0 Å². The normalized spacial score (nSPS) is 10.8. The minimum Gasteiger partial charge on any atom is -0.466 e. The number of esters is 1. The molecule has 1 aromatic rings. The first-order valence-electron chi connectivity index (χ1n) is 5.75. The molecule has 20 heavy (non-hydrogen) atoms. The fraction of sp³-hybridized carbons (Fsp3) is 0.333. The maximum atomic E-state index is 13.1. The van der Waals surface area contributed by atoms with Gasteiger partial charge in [0.05, 0.1) is 23.5 Å². The first-order valence-corrected chi connectivity index (χ1v) is 7.24. The quantitative estimate of drug-likeness (QED) is 0.788. The van der Waals surface area contributed by atoms with Gasteiger partial charge in [-0.25, -0.2) is 17.5 Å². The Morgan fingerprint density at radius 3 is 2.80 bits per heavy atom. The first kappa shape index (κ1) is 16.1. The monoisotopic (exact) mass is 300 g/mol. The highest BCUT2D eigenvalue weighted by Gasteiger charge is 2.16. The van der Waals surface area contributed by atoms with Gasteiger partial charge >= 0.3 is 5.97 Å². The van der Waals surface area contributed by atoms with Crippen molar-refractivity contribution in [1.29, 1.82) is 5.26 Å². The topological polar surface area (TPSA) is 96.3 Å². The molecular weight excluding hydrogens is 287 g/mol. The third-order valence-electron chi connectivity index (χ3n) is 2.30. The van der Waals surface area contributed by atoms with Crippen molar-refractivity contribution in [2.75, 3.05) is 13.2 Å². The van der Waals surface area contributed by atoms with Crippen molar-refractivity contribution in [3.63, 3.8) is 0 Å². The number of carbonyl (C=O) groups excluding carboxylic acids is 1. The molecule has 6 nitrogen and oxygen atoms in total. The zero-order valence-corrected chi connectivity index (χ0v) is 11.5. The Kier molecular flexibility index (Phi) is 5.61. The second-order valence-corrected chi connectivity index (χ2v) is 5.47. The molecule has 1 aromatic carbocycles. The van der Waals surface area contributed by atoms with E-state index >= 15 is 0 Å². The SMILES string of the molecule is CCOC(=O)CCNS(=O)(=O)c1ccc(F)c(C#N)c1. The largest absolute Gasteiger partial charge is 0.466 e. The molecule has 0 atom stereocenters. The lowest BCUT2D eigenvalue weighted by molar-refractivity contribution is -0.142. The van der Waals surface area contributed by atoms with E-state index < -0.39 is 21.8 Å². The van der Waals surface area contributed by atoms with Crippen molar-refractivity contribution in [2.45, 2.75) is 18.2 Å². The van der Waals surface area contributed by atoms with E-state index in [9.17, 15) is 17.6 Å². The molecule has 0 aliphatic heterocycles. The van der Waals surface area contributed by atoms with Gasteiger partial charge in [-0.2, -0.15) is 5.26 Å². The van der Waals surface area contributed by atoms with Crippen LogP contribution >= 0.6 is 0 Å². The Bertz CT molecular complexity index is 637. The Morgan fingerprint density at radius 2 is 2.20 bits per heavy atom. The number of hydrogen-bond donors (Lipinski definition) is 1. The number of nitriles is 1. The molecule has 0 heterocycles. The summed E-state index contributed by atoms with van der Waals surface area (Å²) in [5.41, 5.74) is -0.363. The van der Waals surface area contributed by atoms with Gasteiger partial charge in [0.2, 0.25) is 10.0 Å². The van der Waals surface area contributed by atoms with E-state index in [1.165, 1.54) is 0 Å². The van der Waals surface area contributed by atoms with E-state index in [1.54, 1.807) is 13.0 Å². The standard InChI is InChI=1S/C12H13FN2O4S/c1-2-19-12(16)5-6-15-20(17,18)10-3-4-11(13)9(7-10)8-14/h3-4,7,15H,2,5-6H2,1H3. The number of halogens is 1. The highest BCUT2D eigenvalue weighted by Crippen LogP contribution is 2.14. The van der Waals surface area contributed by atoms with Crippen LogP contribution in [0.4, 0.5) is 4.39 Å². The Morgan fingerprint density at radius 1 is 1.50 bits per heavy atom. The maximum absolute atomic E-state index is 13.1. The average Bonchev–Trinajstić information content (AvgIpc) is 2.39. The summed E-state index contributed by atoms with van der Waals surface area (Å²) in [5, 5.41) is 8.65. The highest BCUT2D eigenvalue weighted by molar-refractivity contribution is 7.89. The summed E-state index contributed by atoms with van der Waals surface area (Å²) in [5.74, 6) is -1.31. The molecule has 0 aliphatic rings. The third kappa shape index (κ3) is 4.29. The van der Waals surface area contributed by atoms with Crippen LogP contribution in [0.25, 0.3) is 0 Å². The van der Waals surface area contributed by atoms with Crippen LogP contribution in [0.5, 0.6) is 0 Å². The predicted octanol–water partition coefficient (Wildman–Crippen LogP) is 0.929. The van der Waals surface area contributed by atoms with E-state index in [-0.39, 0.29) is 30.0 Å². The molecular formula is C12H13FN2O4S. The number of sulfonamides is 1. The molecule has 0 saturated carbocycles. The van der Waals surface area contributed by atoms with E-state index in [0.717, 1.165) is 18.2 Å². The number of ether oxygens (including phenoxy) is 1. The van der Waals surface area contributed by atoms with Gasteiger partial charge in [-0.1, -0.05) is 0 Å². The summed E-state index contributed by atoms with van der Waals surface area (Å²) in [6.07, 6.45) is -0.112. The van der Waals surface area contributed by atoms with Gasteiger partial charge < -0.3 is 4.74 Å².